The second kappa shape index (κ2) is 11.9. The molecular formula is C9H12N4O3S2Zn. The Morgan fingerprint density at radius 2 is 2.21 bits per heavy atom. The van der Waals surface area contributed by atoms with Crippen molar-refractivity contribution in [3.8, 4) is 0 Å². The van der Waals surface area contributed by atoms with Gasteiger partial charge in [0.05, 0.1) is 5.69 Å². The van der Waals surface area contributed by atoms with Gasteiger partial charge < -0.3 is 15.7 Å². The van der Waals surface area contributed by atoms with E-state index in [1.54, 1.807) is 6.20 Å². The zero-order valence-electron chi connectivity index (χ0n) is 10.4. The van der Waals surface area contributed by atoms with E-state index in [9.17, 15) is 0 Å². The quantitative estimate of drug-likeness (QED) is 0.165. The molecule has 1 aromatic heterocycles. The first-order chi connectivity index (χ1) is 8.47. The summed E-state index contributed by atoms with van der Waals surface area (Å²) in [5, 5.41) is 17.6. The van der Waals surface area contributed by atoms with E-state index in [-0.39, 0.29) is 19.5 Å². The molecule has 0 atom stereocenters. The Balaban J connectivity index is 0. The van der Waals surface area contributed by atoms with Crippen LogP contribution in [0.2, 0.25) is 0 Å². The Morgan fingerprint density at radius 3 is 2.63 bits per heavy atom. The van der Waals surface area contributed by atoms with E-state index in [2.05, 4.69) is 27.7 Å². The van der Waals surface area contributed by atoms with Gasteiger partial charge in [0, 0.05) is 31.4 Å². The summed E-state index contributed by atoms with van der Waals surface area (Å²) < 4.78 is 0.639. The molecule has 0 aliphatic carbocycles. The van der Waals surface area contributed by atoms with Gasteiger partial charge in [0.25, 0.3) is 5.09 Å². The molecule has 0 unspecified atom stereocenters. The standard InChI is InChI=1S/C9H11N3S2.HNO3.Zn/c1-7(11-12-9(13)14-2)8-5-3-4-6-10-8;2-1(3)4;/h3-6H,1-2H3,(H,10,12,13);(H,2,3,4);. The molecule has 0 saturated carbocycles. The minimum atomic E-state index is -1.50. The molecule has 0 aliphatic heterocycles. The summed E-state index contributed by atoms with van der Waals surface area (Å²) in [4.78, 5) is 12.5. The molecule has 0 aliphatic rings. The molecule has 1 heterocycles. The van der Waals surface area contributed by atoms with Crippen LogP contribution in [-0.2, 0) is 31.7 Å². The summed E-state index contributed by atoms with van der Waals surface area (Å²) in [6.45, 7) is 1.87. The van der Waals surface area contributed by atoms with Crippen molar-refractivity contribution in [2.24, 2.45) is 5.10 Å². The molecule has 0 fully saturated rings. The zero-order valence-corrected chi connectivity index (χ0v) is 15.1. The van der Waals surface area contributed by atoms with E-state index in [1.165, 1.54) is 11.8 Å². The molecule has 10 heteroatoms. The topological polar surface area (TPSA) is 103 Å². The van der Waals surface area contributed by atoms with Crippen LogP contribution in [0.4, 0.5) is 0 Å². The molecule has 0 spiro atoms. The number of nitrogens with zero attached hydrogens (tertiary/aromatic N) is 4. The van der Waals surface area contributed by atoms with Crippen LogP contribution in [0.1, 0.15) is 12.6 Å². The van der Waals surface area contributed by atoms with E-state index in [0.717, 1.165) is 11.4 Å². The molecule has 0 aromatic carbocycles. The molecule has 7 nitrogen and oxygen atoms in total. The van der Waals surface area contributed by atoms with E-state index >= 15 is 0 Å². The summed E-state index contributed by atoms with van der Waals surface area (Å²) in [6.07, 6.45) is 3.63. The molecule has 19 heavy (non-hydrogen) atoms. The van der Waals surface area contributed by atoms with Gasteiger partial charge in [-0.3, -0.25) is 4.98 Å². The Kier molecular flexibility index (Phi) is 12.7. The van der Waals surface area contributed by atoms with Crippen molar-refractivity contribution in [3.63, 3.8) is 0 Å². The zero-order chi connectivity index (χ0) is 14.0. The van der Waals surface area contributed by atoms with Crippen LogP contribution < -0.4 is 0 Å². The predicted molar refractivity (Wildman–Crippen MR) is 75.9 cm³/mol. The average molecular weight is 354 g/mol. The Morgan fingerprint density at radius 1 is 1.63 bits per heavy atom. The van der Waals surface area contributed by atoms with Crippen LogP contribution in [0.25, 0.3) is 5.43 Å². The van der Waals surface area contributed by atoms with E-state index in [4.69, 9.17) is 15.3 Å². The molecular weight excluding hydrogens is 342 g/mol. The Labute approximate surface area is 132 Å². The van der Waals surface area contributed by atoms with Gasteiger partial charge in [-0.1, -0.05) is 17.8 Å². The summed E-state index contributed by atoms with van der Waals surface area (Å²) in [5.74, 6) is 0. The van der Waals surface area contributed by atoms with Crippen molar-refractivity contribution in [2.45, 2.75) is 6.92 Å². The summed E-state index contributed by atoms with van der Waals surface area (Å²) in [5.41, 5.74) is 5.53. The smallest absolute Gasteiger partial charge is 0.291 e. The molecule has 0 saturated heterocycles. The van der Waals surface area contributed by atoms with Gasteiger partial charge in [0.2, 0.25) is 0 Å². The second-order valence-electron chi connectivity index (χ2n) is 2.72. The fraction of sp³-hybridized carbons (Fsp3) is 0.222. The molecule has 100 valence electrons. The van der Waals surface area contributed by atoms with E-state index in [1.807, 2.05) is 31.4 Å². The SMILES string of the molecule is CSC(=[SH+])[N-]N=C(C)c1ccccn1.O=[N+]([O-])O.[Zn]. The predicted octanol–water partition coefficient (Wildman–Crippen LogP) is 1.56. The van der Waals surface area contributed by atoms with E-state index < -0.39 is 5.09 Å². The summed E-state index contributed by atoms with van der Waals surface area (Å²) in [6, 6.07) is 5.68. The third kappa shape index (κ3) is 11.7. The van der Waals surface area contributed by atoms with Crippen molar-refractivity contribution in [3.05, 3.63) is 45.6 Å². The van der Waals surface area contributed by atoms with Crippen LogP contribution in [0.15, 0.2) is 29.5 Å². The molecule has 0 radical (unpaired) electrons. The fourth-order valence-electron chi connectivity index (χ4n) is 0.787. The maximum atomic E-state index is 8.36. The second-order valence-corrected chi connectivity index (χ2v) is 4.25. The first-order valence-corrected chi connectivity index (χ1v) is 6.24. The van der Waals surface area contributed by atoms with Crippen molar-refractivity contribution in [2.75, 3.05) is 6.26 Å². The Hall–Kier alpha value is -1.12. The molecule has 1 N–H and O–H groups in total. The Bertz CT molecular complexity index is 427. The summed E-state index contributed by atoms with van der Waals surface area (Å²) >= 11 is 5.55. The van der Waals surface area contributed by atoms with Crippen LogP contribution >= 0.6 is 11.8 Å². The average Bonchev–Trinajstić information content (AvgIpc) is 2.35. The van der Waals surface area contributed by atoms with Gasteiger partial charge >= 0.3 is 0 Å². The minimum absolute atomic E-state index is 0. The number of aromatic nitrogens is 1. The first-order valence-electron chi connectivity index (χ1n) is 4.57. The van der Waals surface area contributed by atoms with Gasteiger partial charge in [-0.15, -0.1) is 10.1 Å². The maximum absolute atomic E-state index is 8.36. The molecule has 1 aromatic rings. The van der Waals surface area contributed by atoms with Gasteiger partial charge in [0.1, 0.15) is 0 Å². The van der Waals surface area contributed by atoms with Crippen molar-refractivity contribution >= 4 is 34.0 Å². The molecule has 0 bridgehead atoms. The van der Waals surface area contributed by atoms with E-state index in [0.29, 0.717) is 4.32 Å². The van der Waals surface area contributed by atoms with Crippen molar-refractivity contribution in [1.82, 2.24) is 4.98 Å². The molecule has 1 rings (SSSR count). The number of thioether (sulfide) groups is 1. The maximum Gasteiger partial charge on any atom is 0.291 e. The van der Waals surface area contributed by atoms with Crippen molar-refractivity contribution < 1.29 is 29.8 Å². The third-order valence-corrected chi connectivity index (χ3v) is 2.59. The van der Waals surface area contributed by atoms with Gasteiger partial charge in [-0.05, 0) is 25.3 Å². The van der Waals surface area contributed by atoms with Crippen LogP contribution in [0.3, 0.4) is 0 Å². The summed E-state index contributed by atoms with van der Waals surface area (Å²) in [7, 11) is 0. The van der Waals surface area contributed by atoms with Gasteiger partial charge in [-0.25, -0.2) is 0 Å². The third-order valence-electron chi connectivity index (χ3n) is 1.50. The molecule has 0 amide bonds. The van der Waals surface area contributed by atoms with Crippen LogP contribution in [-0.4, -0.2) is 31.6 Å². The first kappa shape index (κ1) is 20.2. The monoisotopic (exact) mass is 352 g/mol. The van der Waals surface area contributed by atoms with Crippen LogP contribution in [0, 0.1) is 10.1 Å². The van der Waals surface area contributed by atoms with Crippen LogP contribution in [0.5, 0.6) is 0 Å². The normalized spacial score (nSPS) is 9.47. The number of hydrogen-bond donors (Lipinski definition) is 1. The fourth-order valence-corrected chi connectivity index (χ4v) is 0.954. The van der Waals surface area contributed by atoms with Gasteiger partial charge in [0.15, 0.2) is 16.5 Å². The number of rotatable bonds is 2. The van der Waals surface area contributed by atoms with Crippen molar-refractivity contribution in [1.29, 1.82) is 0 Å². The van der Waals surface area contributed by atoms with Gasteiger partial charge in [-0.2, -0.15) is 0 Å². The largest absolute Gasteiger partial charge is 0.519 e. The number of pyridine rings is 1. The number of thiol groups is 1. The minimum Gasteiger partial charge on any atom is -0.519 e. The number of hydrogen-bond acceptors (Lipinski definition) is 5.